The van der Waals surface area contributed by atoms with Gasteiger partial charge in [-0.3, -0.25) is 0 Å². The zero-order chi connectivity index (χ0) is 15.2. The highest BCUT2D eigenvalue weighted by Crippen LogP contribution is 2.35. The summed E-state index contributed by atoms with van der Waals surface area (Å²) in [6, 6.07) is 18.8. The summed E-state index contributed by atoms with van der Waals surface area (Å²) in [7, 11) is -0.739. The lowest BCUT2D eigenvalue weighted by atomic mass is 10.3. The maximum absolute atomic E-state index is 9.30. The van der Waals surface area contributed by atoms with Gasteiger partial charge in [-0.15, -0.1) is 0 Å². The van der Waals surface area contributed by atoms with Crippen LogP contribution in [0.3, 0.4) is 0 Å². The van der Waals surface area contributed by atoms with Crippen molar-refractivity contribution in [1.82, 2.24) is 12.9 Å². The van der Waals surface area contributed by atoms with E-state index >= 15 is 0 Å². The van der Waals surface area contributed by atoms with Gasteiger partial charge in [0.1, 0.15) is 5.75 Å². The highest BCUT2D eigenvalue weighted by atomic mass is 31.2. The number of benzene rings is 2. The number of nitrogens with zero attached hydrogens (tertiary/aromatic N) is 4. The topological polar surface area (TPSA) is 65.0 Å². The van der Waals surface area contributed by atoms with Crippen LogP contribution in [0.2, 0.25) is 0 Å². The Kier molecular flexibility index (Phi) is 4.83. The quantitative estimate of drug-likeness (QED) is 0.700. The molecule has 3 aromatic rings. The second kappa shape index (κ2) is 7.20. The molecule has 6 nitrogen and oxygen atoms in total. The molecule has 0 bridgehead atoms. The van der Waals surface area contributed by atoms with E-state index in [2.05, 4.69) is 10.7 Å². The van der Waals surface area contributed by atoms with E-state index in [1.54, 1.807) is 4.26 Å². The molecule has 0 spiro atoms. The molecule has 3 rings (SSSR count). The number of para-hydroxylation sites is 2. The Balaban J connectivity index is 1.98. The minimum Gasteiger partial charge on any atom is -0.415 e. The highest BCUT2D eigenvalue weighted by molar-refractivity contribution is 7.52. The van der Waals surface area contributed by atoms with Gasteiger partial charge in [0.05, 0.1) is 8.51 Å². The molecule has 22 heavy (non-hydrogen) atoms. The molecule has 0 fully saturated rings. The van der Waals surface area contributed by atoms with Gasteiger partial charge in [-0.1, -0.05) is 40.7 Å². The Bertz CT molecular complexity index is 813. The summed E-state index contributed by atoms with van der Waals surface area (Å²) in [5, 5.41) is 9.30. The molecule has 0 radical (unpaired) electrons. The lowest BCUT2D eigenvalue weighted by Crippen LogP contribution is -2.06. The molecule has 0 aliphatic heterocycles. The summed E-state index contributed by atoms with van der Waals surface area (Å²) < 4.78 is 13.3. The molecule has 1 aromatic heterocycles. The number of aromatic nitrogens is 3. The van der Waals surface area contributed by atoms with Crippen molar-refractivity contribution in [3.05, 3.63) is 60.7 Å². The molecule has 1 heterocycles. The van der Waals surface area contributed by atoms with Crippen LogP contribution in [-0.2, 0) is 0 Å². The molecule has 0 N–H and O–H groups in total. The first-order valence-electron chi connectivity index (χ1n) is 6.29. The van der Waals surface area contributed by atoms with Crippen LogP contribution in [0.5, 0.6) is 11.5 Å². The van der Waals surface area contributed by atoms with Crippen LogP contribution in [0, 0.1) is 11.5 Å². The zero-order valence-electron chi connectivity index (χ0n) is 11.3. The average molecular weight is 348 g/mol. The zero-order valence-corrected chi connectivity index (χ0v) is 14.1. The summed E-state index contributed by atoms with van der Waals surface area (Å²) >= 11 is 0. The minimum atomic E-state index is -1.41. The molecule has 0 saturated heterocycles. The first-order chi connectivity index (χ1) is 10.9. The number of hydrogen-bond donors (Lipinski definition) is 0. The lowest BCUT2D eigenvalue weighted by molar-refractivity contribution is 0.267. The number of hydrogen-bond acceptors (Lipinski definition) is 4. The maximum Gasteiger partial charge on any atom is 0.294 e. The van der Waals surface area contributed by atoms with Crippen molar-refractivity contribution >= 4 is 25.1 Å². The molecule has 0 amide bonds. The monoisotopic (exact) mass is 348 g/mol. The Labute approximate surface area is 131 Å². The standard InChI is InChI=1S/C13H11N4O2P3/c14-11-16-20-15-21-17(18-12-7-3-1-4-8-12)22(16)19-13-9-5-2-6-10-13/h1-10,20H. The Hall–Kier alpha value is -2.17. The third-order valence-corrected chi connectivity index (χ3v) is 6.43. The Morgan fingerprint density at radius 2 is 1.68 bits per heavy atom. The first kappa shape index (κ1) is 14.8. The maximum atomic E-state index is 9.30. The summed E-state index contributed by atoms with van der Waals surface area (Å²) in [5.41, 5.74) is 0. The van der Waals surface area contributed by atoms with Crippen molar-refractivity contribution in [2.24, 2.45) is 0 Å². The van der Waals surface area contributed by atoms with Crippen LogP contribution < -0.4 is 9.36 Å². The highest BCUT2D eigenvalue weighted by Gasteiger charge is 2.10. The predicted molar refractivity (Wildman–Crippen MR) is 88.5 cm³/mol. The van der Waals surface area contributed by atoms with Gasteiger partial charge >= 0.3 is 0 Å². The van der Waals surface area contributed by atoms with E-state index in [4.69, 9.17) is 9.36 Å². The van der Waals surface area contributed by atoms with E-state index in [9.17, 15) is 5.26 Å². The molecule has 2 unspecified atom stereocenters. The third kappa shape index (κ3) is 3.53. The van der Waals surface area contributed by atoms with Crippen molar-refractivity contribution in [2.75, 3.05) is 0 Å². The van der Waals surface area contributed by atoms with Crippen LogP contribution in [0.4, 0.5) is 0 Å². The molecule has 110 valence electrons. The summed E-state index contributed by atoms with van der Waals surface area (Å²) in [6.45, 7) is 0. The van der Waals surface area contributed by atoms with Crippen LogP contribution >= 0.6 is 25.1 Å². The molecule has 2 aromatic carbocycles. The van der Waals surface area contributed by atoms with Gasteiger partial charge in [-0.05, 0) is 24.3 Å². The van der Waals surface area contributed by atoms with Crippen LogP contribution in [-0.4, -0.2) is 12.9 Å². The van der Waals surface area contributed by atoms with E-state index in [1.807, 2.05) is 60.7 Å². The second-order valence-electron chi connectivity index (χ2n) is 4.02. The van der Waals surface area contributed by atoms with E-state index < -0.39 is 8.08 Å². The fraction of sp³-hybridized carbons (Fsp3) is 0. The van der Waals surface area contributed by atoms with Crippen molar-refractivity contribution in [2.45, 2.75) is 0 Å². The lowest BCUT2D eigenvalue weighted by Gasteiger charge is -2.14. The molecule has 0 aliphatic rings. The van der Waals surface area contributed by atoms with Crippen molar-refractivity contribution in [3.8, 4) is 17.7 Å². The normalized spacial score (nSPS) is 11.3. The van der Waals surface area contributed by atoms with Crippen LogP contribution in [0.1, 0.15) is 0 Å². The van der Waals surface area contributed by atoms with E-state index in [0.717, 1.165) is 0 Å². The van der Waals surface area contributed by atoms with Crippen molar-refractivity contribution < 1.29 is 9.36 Å². The summed E-state index contributed by atoms with van der Waals surface area (Å²) in [5.74, 6) is 1.37. The Morgan fingerprint density at radius 3 is 2.32 bits per heavy atom. The molecular weight excluding hydrogens is 337 g/mol. The molecule has 2 atom stereocenters. The fourth-order valence-corrected chi connectivity index (χ4v) is 5.67. The second-order valence-corrected chi connectivity index (χ2v) is 8.15. The smallest absolute Gasteiger partial charge is 0.294 e. The SMILES string of the molecule is N#Cn1[pH]npn(Oc2ccccc2)p1Oc1ccccc1. The molecule has 0 aliphatic carbocycles. The molecular formula is C13H11N4O2P3. The van der Waals surface area contributed by atoms with Gasteiger partial charge in [0.25, 0.3) is 8.08 Å². The largest absolute Gasteiger partial charge is 0.415 e. The van der Waals surface area contributed by atoms with Gasteiger partial charge in [-0.2, -0.15) is 13.9 Å². The molecule has 9 heteroatoms. The predicted octanol–water partition coefficient (Wildman–Crippen LogP) is 4.42. The molecule has 0 saturated carbocycles. The average Bonchev–Trinajstić information content (AvgIpc) is 2.58. The van der Waals surface area contributed by atoms with Crippen molar-refractivity contribution in [1.29, 1.82) is 5.26 Å². The van der Waals surface area contributed by atoms with Crippen LogP contribution in [0.15, 0.2) is 60.7 Å². The van der Waals surface area contributed by atoms with Gasteiger partial charge in [-0.25, -0.2) is 0 Å². The third-order valence-electron chi connectivity index (χ3n) is 2.53. The Morgan fingerprint density at radius 1 is 1.05 bits per heavy atom. The summed E-state index contributed by atoms with van der Waals surface area (Å²) in [4.78, 5) is 5.81. The van der Waals surface area contributed by atoms with Gasteiger partial charge in [0, 0.05) is 0 Å². The van der Waals surface area contributed by atoms with E-state index in [1.165, 1.54) is 4.09 Å². The minimum absolute atomic E-state index is 0.0385. The van der Waals surface area contributed by atoms with Crippen molar-refractivity contribution in [3.63, 3.8) is 0 Å². The van der Waals surface area contributed by atoms with Gasteiger partial charge in [0.2, 0.25) is 0 Å². The summed E-state index contributed by atoms with van der Waals surface area (Å²) in [6.07, 6.45) is 2.12. The number of rotatable bonds is 4. The number of nitriles is 1. The fourth-order valence-electron chi connectivity index (χ4n) is 1.59. The van der Waals surface area contributed by atoms with E-state index in [-0.39, 0.29) is 8.51 Å². The van der Waals surface area contributed by atoms with Gasteiger partial charge < -0.3 is 9.36 Å². The van der Waals surface area contributed by atoms with E-state index in [0.29, 0.717) is 20.0 Å². The first-order valence-corrected chi connectivity index (χ1v) is 9.15. The van der Waals surface area contributed by atoms with Crippen LogP contribution in [0.25, 0.3) is 0 Å². The van der Waals surface area contributed by atoms with Gasteiger partial charge in [0.15, 0.2) is 20.5 Å².